The Labute approximate surface area is 105 Å². The molecule has 0 aliphatic carbocycles. The van der Waals surface area contributed by atoms with Gasteiger partial charge in [-0.15, -0.1) is 0 Å². The minimum absolute atomic E-state index is 0.492. The fraction of sp³-hybridized carbons (Fsp3) is 0.571. The predicted molar refractivity (Wildman–Crippen MR) is 74.6 cm³/mol. The van der Waals surface area contributed by atoms with E-state index in [4.69, 9.17) is 10.5 Å². The van der Waals surface area contributed by atoms with Crippen molar-refractivity contribution in [3.63, 3.8) is 0 Å². The van der Waals surface area contributed by atoms with Crippen molar-refractivity contribution >= 4 is 11.4 Å². The van der Waals surface area contributed by atoms with Crippen molar-refractivity contribution in [2.45, 2.75) is 33.2 Å². The van der Waals surface area contributed by atoms with Gasteiger partial charge in [0, 0.05) is 31.1 Å². The van der Waals surface area contributed by atoms with Crippen molar-refractivity contribution < 1.29 is 4.74 Å². The molecule has 17 heavy (non-hydrogen) atoms. The number of anilines is 2. The molecule has 1 unspecified atom stereocenters. The highest BCUT2D eigenvalue weighted by Crippen LogP contribution is 2.23. The van der Waals surface area contributed by atoms with Gasteiger partial charge in [-0.25, -0.2) is 0 Å². The first-order valence-corrected chi connectivity index (χ1v) is 6.21. The number of nitrogens with zero attached hydrogens (tertiary/aromatic N) is 1. The summed E-state index contributed by atoms with van der Waals surface area (Å²) in [6, 6.07) is 6.70. The van der Waals surface area contributed by atoms with Crippen LogP contribution in [0.3, 0.4) is 0 Å². The molecule has 0 radical (unpaired) electrons. The standard InChI is InChI=1S/C14H24N2O/c1-5-12(3)16(6-7-17-4)14-9-11(2)8-13(15)10-14/h8-10,12H,5-7,15H2,1-4H3. The Morgan fingerprint density at radius 3 is 2.59 bits per heavy atom. The molecule has 0 spiro atoms. The van der Waals surface area contributed by atoms with Gasteiger partial charge in [-0.2, -0.15) is 0 Å². The monoisotopic (exact) mass is 236 g/mol. The van der Waals surface area contributed by atoms with Gasteiger partial charge in [0.15, 0.2) is 0 Å². The van der Waals surface area contributed by atoms with Gasteiger partial charge >= 0.3 is 0 Å². The maximum atomic E-state index is 5.91. The Morgan fingerprint density at radius 2 is 2.06 bits per heavy atom. The van der Waals surface area contributed by atoms with E-state index in [1.54, 1.807) is 7.11 Å². The molecule has 2 N–H and O–H groups in total. The molecular weight excluding hydrogens is 212 g/mol. The third kappa shape index (κ3) is 3.93. The summed E-state index contributed by atoms with van der Waals surface area (Å²) < 4.78 is 5.18. The molecule has 0 saturated heterocycles. The lowest BCUT2D eigenvalue weighted by molar-refractivity contribution is 0.203. The highest BCUT2D eigenvalue weighted by atomic mass is 16.5. The van der Waals surface area contributed by atoms with Crippen molar-refractivity contribution in [3.8, 4) is 0 Å². The molecule has 1 aromatic rings. The van der Waals surface area contributed by atoms with E-state index in [1.165, 1.54) is 11.3 Å². The van der Waals surface area contributed by atoms with Crippen LogP contribution in [0.2, 0.25) is 0 Å². The molecule has 0 aromatic heterocycles. The minimum Gasteiger partial charge on any atom is -0.399 e. The summed E-state index contributed by atoms with van der Waals surface area (Å²) >= 11 is 0. The number of rotatable bonds is 6. The number of hydrogen-bond donors (Lipinski definition) is 1. The lowest BCUT2D eigenvalue weighted by atomic mass is 10.1. The first-order chi connectivity index (χ1) is 8.08. The summed E-state index contributed by atoms with van der Waals surface area (Å²) in [7, 11) is 1.74. The van der Waals surface area contributed by atoms with Gasteiger partial charge < -0.3 is 15.4 Å². The van der Waals surface area contributed by atoms with Crippen molar-refractivity contribution in [1.29, 1.82) is 0 Å². The van der Waals surface area contributed by atoms with E-state index >= 15 is 0 Å². The number of ether oxygens (including phenoxy) is 1. The molecule has 0 bridgehead atoms. The van der Waals surface area contributed by atoms with E-state index in [9.17, 15) is 0 Å². The number of aryl methyl sites for hydroxylation is 1. The lowest BCUT2D eigenvalue weighted by Crippen LogP contribution is -2.35. The second-order valence-electron chi connectivity index (χ2n) is 4.55. The van der Waals surface area contributed by atoms with Gasteiger partial charge in [0.25, 0.3) is 0 Å². The molecule has 96 valence electrons. The van der Waals surface area contributed by atoms with Crippen LogP contribution in [0.4, 0.5) is 11.4 Å². The van der Waals surface area contributed by atoms with Crippen LogP contribution in [-0.2, 0) is 4.74 Å². The van der Waals surface area contributed by atoms with E-state index in [1.807, 2.05) is 12.1 Å². The molecule has 3 heteroatoms. The van der Waals surface area contributed by atoms with Crippen LogP contribution >= 0.6 is 0 Å². The SMILES string of the molecule is CCC(C)N(CCOC)c1cc(C)cc(N)c1. The summed E-state index contributed by atoms with van der Waals surface area (Å²) in [5, 5.41) is 0. The quantitative estimate of drug-likeness (QED) is 0.772. The van der Waals surface area contributed by atoms with Crippen LogP contribution in [0.1, 0.15) is 25.8 Å². The summed E-state index contributed by atoms with van der Waals surface area (Å²) in [6.45, 7) is 8.13. The minimum atomic E-state index is 0.492. The van der Waals surface area contributed by atoms with Gasteiger partial charge in [-0.05, 0) is 44.0 Å². The van der Waals surface area contributed by atoms with E-state index in [0.717, 1.165) is 25.3 Å². The van der Waals surface area contributed by atoms with E-state index in [-0.39, 0.29) is 0 Å². The third-order valence-corrected chi connectivity index (χ3v) is 3.08. The summed E-state index contributed by atoms with van der Waals surface area (Å²) in [6.07, 6.45) is 1.11. The molecule has 0 aliphatic heterocycles. The normalized spacial score (nSPS) is 12.5. The Hall–Kier alpha value is -1.22. The number of benzene rings is 1. The Balaban J connectivity index is 2.94. The van der Waals surface area contributed by atoms with Crippen LogP contribution in [0.5, 0.6) is 0 Å². The largest absolute Gasteiger partial charge is 0.399 e. The molecule has 3 nitrogen and oxygen atoms in total. The van der Waals surface area contributed by atoms with E-state index in [2.05, 4.69) is 31.7 Å². The highest BCUT2D eigenvalue weighted by Gasteiger charge is 2.13. The zero-order valence-corrected chi connectivity index (χ0v) is 11.4. The van der Waals surface area contributed by atoms with Crippen LogP contribution in [0.15, 0.2) is 18.2 Å². The number of methoxy groups -OCH3 is 1. The van der Waals surface area contributed by atoms with Crippen LogP contribution < -0.4 is 10.6 Å². The molecular formula is C14H24N2O. The Kier molecular flexibility index (Phi) is 5.29. The third-order valence-electron chi connectivity index (χ3n) is 3.08. The molecule has 0 fully saturated rings. The summed E-state index contributed by atoms with van der Waals surface area (Å²) in [4.78, 5) is 2.35. The maximum Gasteiger partial charge on any atom is 0.0637 e. The van der Waals surface area contributed by atoms with Gasteiger partial charge in [0.1, 0.15) is 0 Å². The fourth-order valence-corrected chi connectivity index (χ4v) is 1.97. The van der Waals surface area contributed by atoms with Gasteiger partial charge in [-0.3, -0.25) is 0 Å². The molecule has 1 rings (SSSR count). The van der Waals surface area contributed by atoms with Crippen LogP contribution in [-0.4, -0.2) is 26.3 Å². The summed E-state index contributed by atoms with van der Waals surface area (Å²) in [5.41, 5.74) is 9.12. The average molecular weight is 236 g/mol. The van der Waals surface area contributed by atoms with Crippen molar-refractivity contribution in [3.05, 3.63) is 23.8 Å². The van der Waals surface area contributed by atoms with Gasteiger partial charge in [-0.1, -0.05) is 6.92 Å². The van der Waals surface area contributed by atoms with Crippen molar-refractivity contribution in [1.82, 2.24) is 0 Å². The maximum absolute atomic E-state index is 5.91. The molecule has 0 amide bonds. The average Bonchev–Trinajstić information content (AvgIpc) is 2.28. The number of nitrogen functional groups attached to an aromatic ring is 1. The lowest BCUT2D eigenvalue weighted by Gasteiger charge is -2.31. The first-order valence-electron chi connectivity index (χ1n) is 6.21. The molecule has 1 aromatic carbocycles. The molecule has 0 aliphatic rings. The van der Waals surface area contributed by atoms with Crippen molar-refractivity contribution in [2.75, 3.05) is 30.9 Å². The molecule has 0 heterocycles. The topological polar surface area (TPSA) is 38.5 Å². The fourth-order valence-electron chi connectivity index (χ4n) is 1.97. The highest BCUT2D eigenvalue weighted by molar-refractivity contribution is 5.58. The number of hydrogen-bond acceptors (Lipinski definition) is 3. The van der Waals surface area contributed by atoms with Crippen LogP contribution in [0.25, 0.3) is 0 Å². The Morgan fingerprint density at radius 1 is 1.35 bits per heavy atom. The van der Waals surface area contributed by atoms with E-state index < -0.39 is 0 Å². The van der Waals surface area contributed by atoms with Gasteiger partial charge in [0.05, 0.1) is 6.61 Å². The smallest absolute Gasteiger partial charge is 0.0637 e. The van der Waals surface area contributed by atoms with E-state index in [0.29, 0.717) is 6.04 Å². The first kappa shape index (κ1) is 13.8. The van der Waals surface area contributed by atoms with Crippen LogP contribution in [0, 0.1) is 6.92 Å². The van der Waals surface area contributed by atoms with Crippen molar-refractivity contribution in [2.24, 2.45) is 0 Å². The zero-order chi connectivity index (χ0) is 12.8. The molecule has 0 saturated carbocycles. The zero-order valence-electron chi connectivity index (χ0n) is 11.4. The second kappa shape index (κ2) is 6.50. The predicted octanol–water partition coefficient (Wildman–Crippen LogP) is 2.83. The number of nitrogens with two attached hydrogens (primary N) is 1. The Bertz CT molecular complexity index is 332. The van der Waals surface area contributed by atoms with Gasteiger partial charge in [0.2, 0.25) is 0 Å². The molecule has 1 atom stereocenters. The second-order valence-corrected chi connectivity index (χ2v) is 4.55. The summed E-state index contributed by atoms with van der Waals surface area (Å²) in [5.74, 6) is 0.